The van der Waals surface area contributed by atoms with Crippen molar-refractivity contribution in [3.8, 4) is 11.5 Å². The smallest absolute Gasteiger partial charge is 0.333 e. The normalized spacial score (nSPS) is 10.6. The minimum atomic E-state index is -0.594. The lowest BCUT2D eigenvalue weighted by Gasteiger charge is -2.10. The van der Waals surface area contributed by atoms with Crippen molar-refractivity contribution >= 4 is 16.7 Å². The SMILES string of the molecule is COc1ccccc1OC(=O)Cn1nc(C)c2ccccc2c1=O. The number of fused-ring (bicyclic) bond motifs is 1. The molecule has 0 amide bonds. The first-order valence-electron chi connectivity index (χ1n) is 7.40. The van der Waals surface area contributed by atoms with Crippen molar-refractivity contribution in [2.24, 2.45) is 0 Å². The molecule has 122 valence electrons. The summed E-state index contributed by atoms with van der Waals surface area (Å²) in [4.78, 5) is 24.6. The molecule has 0 bridgehead atoms. The van der Waals surface area contributed by atoms with Crippen LogP contribution in [0, 0.1) is 6.92 Å². The van der Waals surface area contributed by atoms with Gasteiger partial charge >= 0.3 is 5.97 Å². The van der Waals surface area contributed by atoms with Crippen molar-refractivity contribution in [2.75, 3.05) is 7.11 Å². The molecule has 0 saturated heterocycles. The van der Waals surface area contributed by atoms with Crippen LogP contribution >= 0.6 is 0 Å². The fourth-order valence-electron chi connectivity index (χ4n) is 2.49. The fraction of sp³-hybridized carbons (Fsp3) is 0.167. The molecular weight excluding hydrogens is 308 g/mol. The van der Waals surface area contributed by atoms with E-state index in [-0.39, 0.29) is 12.1 Å². The van der Waals surface area contributed by atoms with Gasteiger partial charge in [0.15, 0.2) is 11.5 Å². The van der Waals surface area contributed by atoms with E-state index in [1.165, 1.54) is 7.11 Å². The molecule has 0 spiro atoms. The Kier molecular flexibility index (Phi) is 4.29. The van der Waals surface area contributed by atoms with Crippen molar-refractivity contribution in [1.29, 1.82) is 0 Å². The number of rotatable bonds is 4. The maximum absolute atomic E-state index is 12.5. The Labute approximate surface area is 138 Å². The lowest BCUT2D eigenvalue weighted by atomic mass is 10.1. The van der Waals surface area contributed by atoms with Crippen molar-refractivity contribution in [1.82, 2.24) is 9.78 Å². The first-order chi connectivity index (χ1) is 11.6. The molecule has 1 heterocycles. The van der Waals surface area contributed by atoms with Crippen molar-refractivity contribution < 1.29 is 14.3 Å². The number of hydrogen-bond donors (Lipinski definition) is 0. The summed E-state index contributed by atoms with van der Waals surface area (Å²) in [5, 5.41) is 5.50. The van der Waals surface area contributed by atoms with E-state index in [4.69, 9.17) is 9.47 Å². The number of benzene rings is 2. The van der Waals surface area contributed by atoms with Gasteiger partial charge < -0.3 is 9.47 Å². The van der Waals surface area contributed by atoms with E-state index in [0.29, 0.717) is 22.6 Å². The summed E-state index contributed by atoms with van der Waals surface area (Å²) in [6.45, 7) is 1.52. The molecule has 0 aliphatic heterocycles. The van der Waals surface area contributed by atoms with E-state index >= 15 is 0 Å². The van der Waals surface area contributed by atoms with Gasteiger partial charge in [0.25, 0.3) is 5.56 Å². The van der Waals surface area contributed by atoms with Gasteiger partial charge in [-0.3, -0.25) is 4.79 Å². The van der Waals surface area contributed by atoms with E-state index in [1.54, 1.807) is 43.3 Å². The molecule has 0 aliphatic carbocycles. The Bertz CT molecular complexity index is 963. The molecular formula is C18H16N2O4. The Hall–Kier alpha value is -3.15. The molecule has 0 N–H and O–H groups in total. The van der Waals surface area contributed by atoms with Crippen LogP contribution in [0.1, 0.15) is 5.69 Å². The Morgan fingerprint density at radius 3 is 2.38 bits per heavy atom. The highest BCUT2D eigenvalue weighted by Gasteiger charge is 2.14. The van der Waals surface area contributed by atoms with Crippen LogP contribution in [0.5, 0.6) is 11.5 Å². The molecule has 0 atom stereocenters. The van der Waals surface area contributed by atoms with Gasteiger partial charge in [-0.15, -0.1) is 0 Å². The summed E-state index contributed by atoms with van der Waals surface area (Å²) in [7, 11) is 1.49. The van der Waals surface area contributed by atoms with E-state index in [1.807, 2.05) is 12.1 Å². The first-order valence-corrected chi connectivity index (χ1v) is 7.40. The molecule has 24 heavy (non-hydrogen) atoms. The van der Waals surface area contributed by atoms with Crippen molar-refractivity contribution in [3.63, 3.8) is 0 Å². The van der Waals surface area contributed by atoms with Crippen LogP contribution in [0.25, 0.3) is 10.8 Å². The van der Waals surface area contributed by atoms with Crippen LogP contribution in [0.3, 0.4) is 0 Å². The third-order valence-electron chi connectivity index (χ3n) is 3.62. The summed E-state index contributed by atoms with van der Waals surface area (Å²) >= 11 is 0. The molecule has 3 aromatic rings. The number of aryl methyl sites for hydroxylation is 1. The summed E-state index contributed by atoms with van der Waals surface area (Å²) in [6, 6.07) is 14.0. The molecule has 0 saturated carbocycles. The van der Waals surface area contributed by atoms with Crippen molar-refractivity contribution in [2.45, 2.75) is 13.5 Å². The number of methoxy groups -OCH3 is 1. The Morgan fingerprint density at radius 2 is 1.67 bits per heavy atom. The van der Waals surface area contributed by atoms with Gasteiger partial charge in [-0.05, 0) is 25.1 Å². The third kappa shape index (κ3) is 2.99. The number of carbonyl (C=O) groups excluding carboxylic acids is 1. The Balaban J connectivity index is 1.88. The molecule has 0 unspecified atom stereocenters. The van der Waals surface area contributed by atoms with Crippen LogP contribution in [0.15, 0.2) is 53.3 Å². The van der Waals surface area contributed by atoms with Gasteiger partial charge in [0.05, 0.1) is 18.2 Å². The lowest BCUT2D eigenvalue weighted by molar-refractivity contribution is -0.135. The number of para-hydroxylation sites is 2. The molecule has 3 rings (SSSR count). The second kappa shape index (κ2) is 6.54. The monoisotopic (exact) mass is 324 g/mol. The molecule has 0 aliphatic rings. The minimum absolute atomic E-state index is 0.275. The van der Waals surface area contributed by atoms with E-state index in [9.17, 15) is 9.59 Å². The average Bonchev–Trinajstić information content (AvgIpc) is 2.60. The van der Waals surface area contributed by atoms with Crippen LogP contribution in [-0.2, 0) is 11.3 Å². The largest absolute Gasteiger partial charge is 0.493 e. The van der Waals surface area contributed by atoms with Crippen molar-refractivity contribution in [3.05, 3.63) is 64.6 Å². The highest BCUT2D eigenvalue weighted by atomic mass is 16.6. The van der Waals surface area contributed by atoms with Crippen LogP contribution < -0.4 is 15.0 Å². The maximum atomic E-state index is 12.5. The zero-order chi connectivity index (χ0) is 17.1. The minimum Gasteiger partial charge on any atom is -0.493 e. The number of nitrogens with zero attached hydrogens (tertiary/aromatic N) is 2. The van der Waals surface area contributed by atoms with Crippen LogP contribution in [0.2, 0.25) is 0 Å². The topological polar surface area (TPSA) is 70.4 Å². The fourth-order valence-corrected chi connectivity index (χ4v) is 2.49. The molecule has 6 heteroatoms. The number of hydrogen-bond acceptors (Lipinski definition) is 5. The molecule has 6 nitrogen and oxygen atoms in total. The Morgan fingerprint density at radius 1 is 1.04 bits per heavy atom. The number of carbonyl (C=O) groups is 1. The second-order valence-electron chi connectivity index (χ2n) is 5.22. The average molecular weight is 324 g/mol. The van der Waals surface area contributed by atoms with Gasteiger partial charge in [-0.25, -0.2) is 9.48 Å². The van der Waals surface area contributed by atoms with Crippen LogP contribution in [-0.4, -0.2) is 22.9 Å². The van der Waals surface area contributed by atoms with Gasteiger partial charge in [-0.1, -0.05) is 30.3 Å². The zero-order valence-corrected chi connectivity index (χ0v) is 13.4. The predicted octanol–water partition coefficient (Wildman–Crippen LogP) is 2.32. The standard InChI is InChI=1S/C18H16N2O4/c1-12-13-7-3-4-8-14(13)18(22)20(19-12)11-17(21)24-16-10-6-5-9-15(16)23-2/h3-10H,11H2,1-2H3. The first kappa shape index (κ1) is 15.7. The summed E-state index contributed by atoms with van der Waals surface area (Å²) in [5.74, 6) is 0.153. The van der Waals surface area contributed by atoms with Gasteiger partial charge in [0, 0.05) is 5.39 Å². The quantitative estimate of drug-likeness (QED) is 0.544. The van der Waals surface area contributed by atoms with Gasteiger partial charge in [0.1, 0.15) is 6.54 Å². The molecule has 1 aromatic heterocycles. The number of esters is 1. The summed E-state index contributed by atoms with van der Waals surface area (Å²) in [6.07, 6.45) is 0. The van der Waals surface area contributed by atoms with Gasteiger partial charge in [0.2, 0.25) is 0 Å². The molecule has 0 fully saturated rings. The van der Waals surface area contributed by atoms with Gasteiger partial charge in [-0.2, -0.15) is 5.10 Å². The van der Waals surface area contributed by atoms with E-state index in [2.05, 4.69) is 5.10 Å². The highest BCUT2D eigenvalue weighted by molar-refractivity contribution is 5.83. The summed E-state index contributed by atoms with van der Waals surface area (Å²) in [5.41, 5.74) is 0.350. The highest BCUT2D eigenvalue weighted by Crippen LogP contribution is 2.25. The molecule has 2 aromatic carbocycles. The number of ether oxygens (including phenoxy) is 2. The van der Waals surface area contributed by atoms with E-state index in [0.717, 1.165) is 10.1 Å². The second-order valence-corrected chi connectivity index (χ2v) is 5.22. The zero-order valence-electron chi connectivity index (χ0n) is 13.4. The lowest BCUT2D eigenvalue weighted by Crippen LogP contribution is -2.29. The predicted molar refractivity (Wildman–Crippen MR) is 89.4 cm³/mol. The third-order valence-corrected chi connectivity index (χ3v) is 3.62. The molecule has 0 radical (unpaired) electrons. The maximum Gasteiger partial charge on any atom is 0.333 e. The number of aromatic nitrogens is 2. The summed E-state index contributed by atoms with van der Waals surface area (Å²) < 4.78 is 11.5. The van der Waals surface area contributed by atoms with E-state index < -0.39 is 5.97 Å². The van der Waals surface area contributed by atoms with Crippen LogP contribution in [0.4, 0.5) is 0 Å².